The van der Waals surface area contributed by atoms with Crippen LogP contribution in [0, 0.1) is 0 Å². The Labute approximate surface area is 101 Å². The second kappa shape index (κ2) is 7.25. The average Bonchev–Trinajstić information content (AvgIpc) is 2.29. The number of likely N-dealkylation sites (N-methyl/N-ethyl adjacent to an activating group) is 1. The predicted molar refractivity (Wildman–Crippen MR) is 68.9 cm³/mol. The Hall–Kier alpha value is -0.120. The van der Waals surface area contributed by atoms with Crippen molar-refractivity contribution in [3.8, 4) is 0 Å². The minimum atomic E-state index is 0.320. The van der Waals surface area contributed by atoms with E-state index in [1.54, 1.807) is 0 Å². The second-order valence-electron chi connectivity index (χ2n) is 5.01. The molecule has 0 radical (unpaired) electrons. The highest BCUT2D eigenvalue weighted by molar-refractivity contribution is 4.89. The van der Waals surface area contributed by atoms with Gasteiger partial charge in [0, 0.05) is 25.2 Å². The quantitative estimate of drug-likeness (QED) is 0.673. The summed E-state index contributed by atoms with van der Waals surface area (Å²) in [6.07, 6.45) is 4.01. The van der Waals surface area contributed by atoms with E-state index < -0.39 is 0 Å². The van der Waals surface area contributed by atoms with E-state index in [0.717, 1.165) is 32.8 Å². The summed E-state index contributed by atoms with van der Waals surface area (Å²) in [5.41, 5.74) is 0.320. The first kappa shape index (κ1) is 13.9. The Morgan fingerprint density at radius 1 is 1.31 bits per heavy atom. The number of piperidine rings is 1. The standard InChI is InChI=1S/C13H28N2O/c1-4-15(10-11-16-5-2)12-13(3)8-6-7-9-14-13/h14H,4-12H2,1-3H3. The average molecular weight is 228 g/mol. The molecule has 96 valence electrons. The van der Waals surface area contributed by atoms with E-state index in [0.29, 0.717) is 5.54 Å². The van der Waals surface area contributed by atoms with Gasteiger partial charge in [0.15, 0.2) is 0 Å². The molecule has 0 aliphatic carbocycles. The van der Waals surface area contributed by atoms with Crippen molar-refractivity contribution in [1.29, 1.82) is 0 Å². The van der Waals surface area contributed by atoms with Crippen LogP contribution in [0.5, 0.6) is 0 Å². The van der Waals surface area contributed by atoms with Gasteiger partial charge in [0.05, 0.1) is 6.61 Å². The zero-order valence-corrected chi connectivity index (χ0v) is 11.2. The van der Waals surface area contributed by atoms with Crippen molar-refractivity contribution in [2.75, 3.05) is 39.4 Å². The SMILES string of the molecule is CCOCCN(CC)CC1(C)CCCCN1. The highest BCUT2D eigenvalue weighted by Crippen LogP contribution is 2.19. The highest BCUT2D eigenvalue weighted by atomic mass is 16.5. The molecular formula is C13H28N2O. The molecule has 0 aromatic rings. The van der Waals surface area contributed by atoms with Crippen molar-refractivity contribution in [3.63, 3.8) is 0 Å². The van der Waals surface area contributed by atoms with Gasteiger partial charge in [-0.05, 0) is 39.8 Å². The number of rotatable bonds is 7. The number of nitrogens with one attached hydrogen (secondary N) is 1. The van der Waals surface area contributed by atoms with Gasteiger partial charge >= 0.3 is 0 Å². The summed E-state index contributed by atoms with van der Waals surface area (Å²) in [4.78, 5) is 2.49. The minimum Gasteiger partial charge on any atom is -0.380 e. The van der Waals surface area contributed by atoms with Gasteiger partial charge in [-0.15, -0.1) is 0 Å². The molecule has 16 heavy (non-hydrogen) atoms. The van der Waals surface area contributed by atoms with Crippen LogP contribution < -0.4 is 5.32 Å². The van der Waals surface area contributed by atoms with Crippen LogP contribution >= 0.6 is 0 Å². The molecule has 0 bridgehead atoms. The molecule has 0 saturated carbocycles. The number of hydrogen-bond donors (Lipinski definition) is 1. The van der Waals surface area contributed by atoms with E-state index in [2.05, 4.69) is 31.0 Å². The lowest BCUT2D eigenvalue weighted by molar-refractivity contribution is 0.0962. The van der Waals surface area contributed by atoms with Gasteiger partial charge in [-0.3, -0.25) is 4.90 Å². The lowest BCUT2D eigenvalue weighted by Gasteiger charge is -2.39. The molecule has 1 atom stereocenters. The fourth-order valence-corrected chi connectivity index (χ4v) is 2.43. The Morgan fingerprint density at radius 3 is 2.69 bits per heavy atom. The normalized spacial score (nSPS) is 26.2. The van der Waals surface area contributed by atoms with Gasteiger partial charge in [0.2, 0.25) is 0 Å². The minimum absolute atomic E-state index is 0.320. The molecule has 1 aliphatic heterocycles. The third-order valence-corrected chi connectivity index (χ3v) is 3.48. The monoisotopic (exact) mass is 228 g/mol. The van der Waals surface area contributed by atoms with Gasteiger partial charge < -0.3 is 10.1 Å². The van der Waals surface area contributed by atoms with Crippen LogP contribution in [0.25, 0.3) is 0 Å². The molecule has 1 N–H and O–H groups in total. The lowest BCUT2D eigenvalue weighted by atomic mass is 9.90. The van der Waals surface area contributed by atoms with Gasteiger partial charge in [-0.25, -0.2) is 0 Å². The van der Waals surface area contributed by atoms with Crippen molar-refractivity contribution in [2.24, 2.45) is 0 Å². The van der Waals surface area contributed by atoms with Crippen LogP contribution in [-0.4, -0.2) is 49.8 Å². The fourth-order valence-electron chi connectivity index (χ4n) is 2.43. The van der Waals surface area contributed by atoms with E-state index in [-0.39, 0.29) is 0 Å². The molecule has 0 aromatic carbocycles. The highest BCUT2D eigenvalue weighted by Gasteiger charge is 2.27. The Morgan fingerprint density at radius 2 is 2.12 bits per heavy atom. The van der Waals surface area contributed by atoms with Crippen molar-refractivity contribution in [3.05, 3.63) is 0 Å². The maximum Gasteiger partial charge on any atom is 0.0593 e. The van der Waals surface area contributed by atoms with Crippen LogP contribution in [0.3, 0.4) is 0 Å². The zero-order valence-electron chi connectivity index (χ0n) is 11.2. The third-order valence-electron chi connectivity index (χ3n) is 3.48. The van der Waals surface area contributed by atoms with E-state index in [1.807, 2.05) is 0 Å². The summed E-state index contributed by atoms with van der Waals surface area (Å²) in [5.74, 6) is 0. The first-order valence-electron chi connectivity index (χ1n) is 6.75. The van der Waals surface area contributed by atoms with Crippen LogP contribution in [0.1, 0.15) is 40.0 Å². The topological polar surface area (TPSA) is 24.5 Å². The third kappa shape index (κ3) is 4.81. The van der Waals surface area contributed by atoms with Gasteiger partial charge in [0.1, 0.15) is 0 Å². The lowest BCUT2D eigenvalue weighted by Crippen LogP contribution is -2.54. The van der Waals surface area contributed by atoms with Crippen LogP contribution in [0.4, 0.5) is 0 Å². The number of ether oxygens (including phenoxy) is 1. The van der Waals surface area contributed by atoms with E-state index in [4.69, 9.17) is 4.74 Å². The summed E-state index contributed by atoms with van der Waals surface area (Å²) < 4.78 is 5.43. The molecule has 0 spiro atoms. The van der Waals surface area contributed by atoms with Crippen molar-refractivity contribution < 1.29 is 4.74 Å². The first-order chi connectivity index (χ1) is 7.70. The van der Waals surface area contributed by atoms with E-state index in [9.17, 15) is 0 Å². The van der Waals surface area contributed by atoms with E-state index >= 15 is 0 Å². The van der Waals surface area contributed by atoms with Gasteiger partial charge in [0.25, 0.3) is 0 Å². The number of nitrogens with zero attached hydrogens (tertiary/aromatic N) is 1. The number of hydrogen-bond acceptors (Lipinski definition) is 3. The molecule has 3 heteroatoms. The first-order valence-corrected chi connectivity index (χ1v) is 6.75. The van der Waals surface area contributed by atoms with Crippen LogP contribution in [0.2, 0.25) is 0 Å². The maximum atomic E-state index is 5.43. The molecular weight excluding hydrogens is 200 g/mol. The van der Waals surface area contributed by atoms with Gasteiger partial charge in [-0.1, -0.05) is 13.3 Å². The Balaban J connectivity index is 2.29. The summed E-state index contributed by atoms with van der Waals surface area (Å²) in [6.45, 7) is 12.8. The molecule has 1 aliphatic rings. The van der Waals surface area contributed by atoms with Crippen molar-refractivity contribution >= 4 is 0 Å². The molecule has 0 aromatic heterocycles. The van der Waals surface area contributed by atoms with Crippen LogP contribution in [-0.2, 0) is 4.74 Å². The molecule has 1 unspecified atom stereocenters. The summed E-state index contributed by atoms with van der Waals surface area (Å²) in [5, 5.41) is 3.67. The Kier molecular flexibility index (Phi) is 6.32. The predicted octanol–water partition coefficient (Wildman–Crippen LogP) is 1.88. The molecule has 1 fully saturated rings. The smallest absolute Gasteiger partial charge is 0.0593 e. The molecule has 1 heterocycles. The summed E-state index contributed by atoms with van der Waals surface area (Å²) in [6, 6.07) is 0. The second-order valence-corrected chi connectivity index (χ2v) is 5.01. The summed E-state index contributed by atoms with van der Waals surface area (Å²) >= 11 is 0. The maximum absolute atomic E-state index is 5.43. The summed E-state index contributed by atoms with van der Waals surface area (Å²) in [7, 11) is 0. The largest absolute Gasteiger partial charge is 0.380 e. The van der Waals surface area contributed by atoms with Crippen molar-refractivity contribution in [2.45, 2.75) is 45.6 Å². The molecule has 1 rings (SSSR count). The van der Waals surface area contributed by atoms with Crippen molar-refractivity contribution in [1.82, 2.24) is 10.2 Å². The van der Waals surface area contributed by atoms with Crippen LogP contribution in [0.15, 0.2) is 0 Å². The molecule has 0 amide bonds. The molecule has 1 saturated heterocycles. The van der Waals surface area contributed by atoms with Gasteiger partial charge in [-0.2, -0.15) is 0 Å². The zero-order chi connectivity index (χ0) is 11.9. The molecule has 3 nitrogen and oxygen atoms in total. The van der Waals surface area contributed by atoms with E-state index in [1.165, 1.54) is 25.8 Å². The fraction of sp³-hybridized carbons (Fsp3) is 1.00. The Bertz CT molecular complexity index is 179.